The molecule has 1 aromatic rings. The highest BCUT2D eigenvalue weighted by atomic mass is 35.5. The second kappa shape index (κ2) is 4.04. The van der Waals surface area contributed by atoms with Gasteiger partial charge in [0.05, 0.1) is 10.7 Å². The van der Waals surface area contributed by atoms with E-state index in [9.17, 15) is 0 Å². The first-order valence-electron chi connectivity index (χ1n) is 6.00. The molecule has 1 aromatic carbocycles. The van der Waals surface area contributed by atoms with Gasteiger partial charge >= 0.3 is 0 Å². The summed E-state index contributed by atoms with van der Waals surface area (Å²) < 4.78 is 0. The zero-order valence-electron chi connectivity index (χ0n) is 9.89. The fourth-order valence-corrected chi connectivity index (χ4v) is 3.80. The summed E-state index contributed by atoms with van der Waals surface area (Å²) in [6.07, 6.45) is 2.26. The number of anilines is 1. The Kier molecular flexibility index (Phi) is 2.77. The molecule has 2 aliphatic rings. The standard InChI is InChI=1S/C13H16Cl2N2/c1-17-8-13(4-5-16-7-13)6-9-10(14)2-3-11(15)12(9)17/h2-3,16H,4-8H2,1H3. The van der Waals surface area contributed by atoms with Crippen molar-refractivity contribution in [3.05, 3.63) is 27.7 Å². The molecule has 1 saturated heterocycles. The Morgan fingerprint density at radius 1 is 1.29 bits per heavy atom. The van der Waals surface area contributed by atoms with Gasteiger partial charge in [-0.2, -0.15) is 0 Å². The van der Waals surface area contributed by atoms with Crippen LogP contribution in [0.2, 0.25) is 10.0 Å². The molecule has 1 unspecified atom stereocenters. The van der Waals surface area contributed by atoms with Gasteiger partial charge in [-0.05, 0) is 37.1 Å². The Morgan fingerprint density at radius 3 is 2.76 bits per heavy atom. The maximum Gasteiger partial charge on any atom is 0.0643 e. The summed E-state index contributed by atoms with van der Waals surface area (Å²) in [6.45, 7) is 3.26. The smallest absolute Gasteiger partial charge is 0.0643 e. The van der Waals surface area contributed by atoms with Crippen molar-refractivity contribution in [3.8, 4) is 0 Å². The van der Waals surface area contributed by atoms with Crippen LogP contribution in [0.15, 0.2) is 12.1 Å². The summed E-state index contributed by atoms with van der Waals surface area (Å²) in [5.41, 5.74) is 2.68. The maximum atomic E-state index is 6.34. The Balaban J connectivity index is 2.08. The summed E-state index contributed by atoms with van der Waals surface area (Å²) in [7, 11) is 2.11. The number of hydrogen-bond acceptors (Lipinski definition) is 2. The van der Waals surface area contributed by atoms with Crippen LogP contribution in [0.5, 0.6) is 0 Å². The van der Waals surface area contributed by atoms with Crippen molar-refractivity contribution in [3.63, 3.8) is 0 Å². The van der Waals surface area contributed by atoms with Crippen molar-refractivity contribution in [2.24, 2.45) is 5.41 Å². The van der Waals surface area contributed by atoms with Crippen LogP contribution in [0, 0.1) is 5.41 Å². The van der Waals surface area contributed by atoms with E-state index in [2.05, 4.69) is 17.3 Å². The lowest BCUT2D eigenvalue weighted by Gasteiger charge is -2.41. The molecule has 1 atom stereocenters. The van der Waals surface area contributed by atoms with E-state index in [4.69, 9.17) is 23.2 Å². The fourth-order valence-electron chi connectivity index (χ4n) is 3.26. The van der Waals surface area contributed by atoms with E-state index in [1.165, 1.54) is 12.0 Å². The Labute approximate surface area is 112 Å². The minimum atomic E-state index is 0.343. The van der Waals surface area contributed by atoms with Crippen LogP contribution in [-0.2, 0) is 6.42 Å². The highest BCUT2D eigenvalue weighted by molar-refractivity contribution is 6.36. The third-order valence-corrected chi connectivity index (χ3v) is 4.67. The van der Waals surface area contributed by atoms with E-state index in [1.807, 2.05) is 12.1 Å². The van der Waals surface area contributed by atoms with Crippen LogP contribution < -0.4 is 10.2 Å². The van der Waals surface area contributed by atoms with Gasteiger partial charge in [-0.15, -0.1) is 0 Å². The van der Waals surface area contributed by atoms with Crippen molar-refractivity contribution >= 4 is 28.9 Å². The number of benzene rings is 1. The van der Waals surface area contributed by atoms with E-state index in [-0.39, 0.29) is 0 Å². The quantitative estimate of drug-likeness (QED) is 0.780. The first-order valence-corrected chi connectivity index (χ1v) is 6.76. The lowest BCUT2D eigenvalue weighted by molar-refractivity contribution is 0.315. The van der Waals surface area contributed by atoms with Crippen molar-refractivity contribution in [1.82, 2.24) is 5.32 Å². The molecule has 92 valence electrons. The maximum absolute atomic E-state index is 6.34. The average molecular weight is 271 g/mol. The van der Waals surface area contributed by atoms with Crippen LogP contribution in [-0.4, -0.2) is 26.7 Å². The van der Waals surface area contributed by atoms with Crippen molar-refractivity contribution < 1.29 is 0 Å². The van der Waals surface area contributed by atoms with Gasteiger partial charge in [-0.25, -0.2) is 0 Å². The van der Waals surface area contributed by atoms with Crippen molar-refractivity contribution in [2.45, 2.75) is 12.8 Å². The molecule has 1 N–H and O–H groups in total. The molecule has 2 heterocycles. The molecule has 0 saturated carbocycles. The van der Waals surface area contributed by atoms with Crippen LogP contribution in [0.25, 0.3) is 0 Å². The van der Waals surface area contributed by atoms with Crippen LogP contribution in [0.3, 0.4) is 0 Å². The second-order valence-corrected chi connectivity index (χ2v) is 6.13. The molecule has 0 aromatic heterocycles. The minimum Gasteiger partial charge on any atom is -0.373 e. The largest absolute Gasteiger partial charge is 0.373 e. The summed E-state index contributed by atoms with van der Waals surface area (Å²) in [5.74, 6) is 0. The van der Waals surface area contributed by atoms with Gasteiger partial charge in [0.15, 0.2) is 0 Å². The molecule has 0 bridgehead atoms. The molecule has 1 fully saturated rings. The summed E-state index contributed by atoms with van der Waals surface area (Å²) >= 11 is 12.6. The topological polar surface area (TPSA) is 15.3 Å². The Bertz CT molecular complexity index is 453. The molecule has 17 heavy (non-hydrogen) atoms. The normalized spacial score (nSPS) is 27.6. The van der Waals surface area contributed by atoms with Crippen LogP contribution >= 0.6 is 23.2 Å². The first kappa shape index (κ1) is 11.6. The zero-order valence-corrected chi connectivity index (χ0v) is 11.4. The number of rotatable bonds is 0. The first-order chi connectivity index (χ1) is 8.11. The average Bonchev–Trinajstić information content (AvgIpc) is 2.71. The van der Waals surface area contributed by atoms with E-state index in [0.29, 0.717) is 5.41 Å². The number of nitrogens with zero attached hydrogens (tertiary/aromatic N) is 1. The fraction of sp³-hybridized carbons (Fsp3) is 0.538. The van der Waals surface area contributed by atoms with Crippen LogP contribution in [0.4, 0.5) is 5.69 Å². The molecule has 4 heteroatoms. The molecule has 3 rings (SSSR count). The molecule has 0 radical (unpaired) electrons. The van der Waals surface area contributed by atoms with E-state index in [1.54, 1.807) is 0 Å². The lowest BCUT2D eigenvalue weighted by atomic mass is 9.77. The second-order valence-electron chi connectivity index (χ2n) is 5.32. The number of nitrogens with one attached hydrogen (secondary N) is 1. The van der Waals surface area contributed by atoms with Gasteiger partial charge in [0, 0.05) is 30.6 Å². The van der Waals surface area contributed by atoms with Crippen molar-refractivity contribution in [2.75, 3.05) is 31.6 Å². The summed E-state index contributed by atoms with van der Waals surface area (Å²) in [5, 5.41) is 5.13. The van der Waals surface area contributed by atoms with Crippen LogP contribution in [0.1, 0.15) is 12.0 Å². The predicted octanol–water partition coefficient (Wildman–Crippen LogP) is 2.97. The monoisotopic (exact) mass is 270 g/mol. The van der Waals surface area contributed by atoms with E-state index >= 15 is 0 Å². The third kappa shape index (κ3) is 1.83. The van der Waals surface area contributed by atoms with Gasteiger partial charge < -0.3 is 10.2 Å². The highest BCUT2D eigenvalue weighted by Crippen LogP contribution is 2.45. The number of halogens is 2. The lowest BCUT2D eigenvalue weighted by Crippen LogP contribution is -2.43. The molecular weight excluding hydrogens is 255 g/mol. The van der Waals surface area contributed by atoms with Gasteiger partial charge in [-0.1, -0.05) is 23.2 Å². The van der Waals surface area contributed by atoms with E-state index < -0.39 is 0 Å². The molecule has 0 amide bonds. The van der Waals surface area contributed by atoms with Gasteiger partial charge in [0.25, 0.3) is 0 Å². The van der Waals surface area contributed by atoms with Crippen molar-refractivity contribution in [1.29, 1.82) is 0 Å². The van der Waals surface area contributed by atoms with Gasteiger partial charge in [0.1, 0.15) is 0 Å². The Hall–Kier alpha value is -0.440. The molecular formula is C13H16Cl2N2. The SMILES string of the molecule is CN1CC2(CCNC2)Cc2c(Cl)ccc(Cl)c21. The molecule has 0 aliphatic carbocycles. The molecule has 2 aliphatic heterocycles. The molecule has 1 spiro atoms. The summed E-state index contributed by atoms with van der Waals surface area (Å²) in [6, 6.07) is 3.81. The number of hydrogen-bond donors (Lipinski definition) is 1. The predicted molar refractivity (Wildman–Crippen MR) is 73.4 cm³/mol. The minimum absolute atomic E-state index is 0.343. The zero-order chi connectivity index (χ0) is 12.0. The van der Waals surface area contributed by atoms with Gasteiger partial charge in [-0.3, -0.25) is 0 Å². The third-order valence-electron chi connectivity index (χ3n) is 4.01. The summed E-state index contributed by atoms with van der Waals surface area (Å²) in [4.78, 5) is 2.26. The Morgan fingerprint density at radius 2 is 2.06 bits per heavy atom. The van der Waals surface area contributed by atoms with Gasteiger partial charge in [0.2, 0.25) is 0 Å². The number of fused-ring (bicyclic) bond motifs is 1. The van der Waals surface area contributed by atoms with E-state index in [0.717, 1.165) is 41.8 Å². The molecule has 2 nitrogen and oxygen atoms in total. The highest BCUT2D eigenvalue weighted by Gasteiger charge is 2.40.